The van der Waals surface area contributed by atoms with E-state index in [1.165, 1.54) is 0 Å². The van der Waals surface area contributed by atoms with Crippen molar-refractivity contribution in [3.05, 3.63) is 103 Å². The van der Waals surface area contributed by atoms with Gasteiger partial charge in [-0.05, 0) is 35.9 Å². The van der Waals surface area contributed by atoms with Crippen molar-refractivity contribution in [2.45, 2.75) is 6.42 Å². The van der Waals surface area contributed by atoms with Crippen molar-refractivity contribution < 1.29 is 4.79 Å². The van der Waals surface area contributed by atoms with Gasteiger partial charge in [-0.25, -0.2) is 4.98 Å². The lowest BCUT2D eigenvalue weighted by atomic mass is 10.1. The molecule has 0 radical (unpaired) electrons. The lowest BCUT2D eigenvalue weighted by molar-refractivity contribution is -0.115. The molecule has 0 unspecified atom stereocenters. The first kappa shape index (κ1) is 23.4. The van der Waals surface area contributed by atoms with Crippen molar-refractivity contribution in [1.82, 2.24) is 40.1 Å². The molecule has 0 spiro atoms. The second-order valence-corrected chi connectivity index (χ2v) is 9.24. The number of carbonyl (C=O) groups is 1. The van der Waals surface area contributed by atoms with Gasteiger partial charge in [-0.1, -0.05) is 30.3 Å². The van der Waals surface area contributed by atoms with Crippen LogP contribution in [0.3, 0.4) is 0 Å². The summed E-state index contributed by atoms with van der Waals surface area (Å²) in [5, 5.41) is 11.4. The summed E-state index contributed by atoms with van der Waals surface area (Å²) in [4.78, 5) is 38.5. The molecule has 0 saturated heterocycles. The Labute approximate surface area is 227 Å². The second-order valence-electron chi connectivity index (χ2n) is 9.24. The van der Waals surface area contributed by atoms with E-state index in [9.17, 15) is 4.79 Å². The molecule has 0 bridgehead atoms. The third-order valence-electron chi connectivity index (χ3n) is 6.53. The van der Waals surface area contributed by atoms with Crippen molar-refractivity contribution in [3.8, 4) is 34.0 Å². The molecule has 6 aromatic heterocycles. The summed E-state index contributed by atoms with van der Waals surface area (Å²) in [7, 11) is 0. The van der Waals surface area contributed by atoms with Crippen LogP contribution in [-0.4, -0.2) is 46.0 Å². The van der Waals surface area contributed by atoms with Gasteiger partial charge in [0.1, 0.15) is 11.2 Å². The summed E-state index contributed by atoms with van der Waals surface area (Å²) in [6, 6.07) is 19.1. The van der Waals surface area contributed by atoms with Crippen LogP contribution in [0.25, 0.3) is 56.0 Å². The quantitative estimate of drug-likeness (QED) is 0.272. The molecule has 1 aromatic carbocycles. The van der Waals surface area contributed by atoms with E-state index < -0.39 is 0 Å². The lowest BCUT2D eigenvalue weighted by Gasteiger charge is -2.07. The minimum Gasteiger partial charge on any atom is -0.336 e. The Kier molecular flexibility index (Phi) is 5.74. The Bertz CT molecular complexity index is 1980. The van der Waals surface area contributed by atoms with Crippen molar-refractivity contribution in [3.63, 3.8) is 0 Å². The summed E-state index contributed by atoms with van der Waals surface area (Å²) in [6.07, 6.45) is 10.6. The molecule has 7 rings (SSSR count). The number of H-pyrrole nitrogens is 2. The number of fused-ring (bicyclic) bond motifs is 2. The van der Waals surface area contributed by atoms with Crippen LogP contribution >= 0.6 is 0 Å². The van der Waals surface area contributed by atoms with Gasteiger partial charge in [0, 0.05) is 41.3 Å². The molecule has 192 valence electrons. The highest BCUT2D eigenvalue weighted by Gasteiger charge is 2.17. The Balaban J connectivity index is 1.21. The molecule has 6 heterocycles. The van der Waals surface area contributed by atoms with Crippen LogP contribution in [-0.2, 0) is 11.2 Å². The van der Waals surface area contributed by atoms with Gasteiger partial charge < -0.3 is 10.3 Å². The Morgan fingerprint density at radius 1 is 0.800 bits per heavy atom. The number of aromatic amines is 2. The van der Waals surface area contributed by atoms with Gasteiger partial charge in [-0.15, -0.1) is 0 Å². The highest BCUT2D eigenvalue weighted by molar-refractivity contribution is 5.97. The molecular weight excluding hydrogens is 502 g/mol. The zero-order valence-electron chi connectivity index (χ0n) is 21.0. The molecule has 0 aliphatic carbocycles. The number of imidazole rings is 1. The predicted octanol–water partition coefficient (Wildman–Crippen LogP) is 5.20. The van der Waals surface area contributed by atoms with E-state index in [0.29, 0.717) is 22.9 Å². The number of anilines is 1. The molecule has 40 heavy (non-hydrogen) atoms. The summed E-state index contributed by atoms with van der Waals surface area (Å²) >= 11 is 0. The molecule has 0 aliphatic heterocycles. The van der Waals surface area contributed by atoms with Crippen LogP contribution in [0.1, 0.15) is 5.56 Å². The first-order chi connectivity index (χ1) is 19.7. The third-order valence-corrected chi connectivity index (χ3v) is 6.53. The number of hydrogen-bond acceptors (Lipinski definition) is 7. The summed E-state index contributed by atoms with van der Waals surface area (Å²) in [5.41, 5.74) is 7.63. The van der Waals surface area contributed by atoms with Crippen molar-refractivity contribution >= 4 is 33.5 Å². The number of hydrogen-bond donors (Lipinski definition) is 3. The van der Waals surface area contributed by atoms with Crippen LogP contribution in [0.15, 0.2) is 97.8 Å². The van der Waals surface area contributed by atoms with E-state index in [1.54, 1.807) is 37.2 Å². The Morgan fingerprint density at radius 2 is 1.70 bits per heavy atom. The van der Waals surface area contributed by atoms with Crippen LogP contribution in [0.2, 0.25) is 0 Å². The van der Waals surface area contributed by atoms with E-state index in [2.05, 4.69) is 40.4 Å². The number of nitrogens with zero attached hydrogens (tertiary/aromatic N) is 6. The molecule has 0 fully saturated rings. The van der Waals surface area contributed by atoms with Crippen molar-refractivity contribution in [1.29, 1.82) is 0 Å². The van der Waals surface area contributed by atoms with Crippen LogP contribution in [0.5, 0.6) is 0 Å². The van der Waals surface area contributed by atoms with Crippen molar-refractivity contribution in [2.24, 2.45) is 0 Å². The van der Waals surface area contributed by atoms with Gasteiger partial charge in [0.05, 0.1) is 46.9 Å². The van der Waals surface area contributed by atoms with Gasteiger partial charge in [-0.2, -0.15) is 5.10 Å². The number of rotatable bonds is 6. The number of nitrogens with one attached hydrogen (secondary N) is 3. The molecular formula is C30H21N9O. The van der Waals surface area contributed by atoms with Gasteiger partial charge in [-0.3, -0.25) is 29.8 Å². The highest BCUT2D eigenvalue weighted by atomic mass is 16.1. The Hall–Kier alpha value is -5.77. The van der Waals surface area contributed by atoms with Crippen LogP contribution < -0.4 is 5.32 Å². The summed E-state index contributed by atoms with van der Waals surface area (Å²) in [5.74, 6) is 0.493. The lowest BCUT2D eigenvalue weighted by Crippen LogP contribution is -2.14. The molecule has 10 nitrogen and oxygen atoms in total. The fraction of sp³-hybridized carbons (Fsp3) is 0.0333. The molecule has 7 aromatic rings. The maximum absolute atomic E-state index is 12.6. The fourth-order valence-corrected chi connectivity index (χ4v) is 4.65. The minimum absolute atomic E-state index is 0.115. The maximum Gasteiger partial charge on any atom is 0.228 e. The SMILES string of the molecule is O=C(Cc1ccccc1)Nc1cncc(-c2cc3c(-c4nc5c(-c6cccnc6)nccc5[nH]4)n[nH]c3cn2)c1. The van der Waals surface area contributed by atoms with Crippen LogP contribution in [0, 0.1) is 0 Å². The smallest absolute Gasteiger partial charge is 0.228 e. The van der Waals surface area contributed by atoms with Crippen molar-refractivity contribution in [2.75, 3.05) is 5.32 Å². The summed E-state index contributed by atoms with van der Waals surface area (Å²) in [6.45, 7) is 0. The van der Waals surface area contributed by atoms with E-state index in [-0.39, 0.29) is 12.3 Å². The van der Waals surface area contributed by atoms with E-state index >= 15 is 0 Å². The molecule has 0 aliphatic rings. The van der Waals surface area contributed by atoms with Crippen LogP contribution in [0.4, 0.5) is 5.69 Å². The average Bonchev–Trinajstić information content (AvgIpc) is 3.62. The maximum atomic E-state index is 12.6. The van der Waals surface area contributed by atoms with Gasteiger partial charge in [0.15, 0.2) is 5.82 Å². The number of aromatic nitrogens is 8. The van der Waals surface area contributed by atoms with E-state index in [1.807, 2.05) is 60.7 Å². The highest BCUT2D eigenvalue weighted by Crippen LogP contribution is 2.31. The van der Waals surface area contributed by atoms with Gasteiger partial charge in [0.25, 0.3) is 0 Å². The molecule has 3 N–H and O–H groups in total. The number of pyridine rings is 4. The zero-order chi connectivity index (χ0) is 26.9. The fourth-order valence-electron chi connectivity index (χ4n) is 4.65. The number of carbonyl (C=O) groups excluding carboxylic acids is 1. The van der Waals surface area contributed by atoms with Gasteiger partial charge in [0.2, 0.25) is 5.91 Å². The standard InChI is InChI=1S/C30H21N9O/c40-26(11-18-5-2-1-3-6-18)35-21-12-20(15-32-16-21)24-13-22-25(17-34-24)38-39-28(22)30-36-23-8-10-33-27(29(23)37-30)19-7-4-9-31-14-19/h1-10,12-17H,11H2,(H,35,40)(H,36,37)(H,38,39). The zero-order valence-corrected chi connectivity index (χ0v) is 21.0. The molecule has 0 atom stereocenters. The molecule has 0 saturated carbocycles. The van der Waals surface area contributed by atoms with Gasteiger partial charge >= 0.3 is 0 Å². The normalized spacial score (nSPS) is 11.2. The molecule has 1 amide bonds. The largest absolute Gasteiger partial charge is 0.336 e. The second kappa shape index (κ2) is 9.84. The summed E-state index contributed by atoms with van der Waals surface area (Å²) < 4.78 is 0. The van der Waals surface area contributed by atoms with E-state index in [4.69, 9.17) is 4.98 Å². The first-order valence-corrected chi connectivity index (χ1v) is 12.6. The molecule has 10 heteroatoms. The van der Waals surface area contributed by atoms with E-state index in [0.717, 1.165) is 44.3 Å². The minimum atomic E-state index is -0.115. The average molecular weight is 524 g/mol. The number of benzene rings is 1. The Morgan fingerprint density at radius 3 is 2.58 bits per heavy atom. The predicted molar refractivity (Wildman–Crippen MR) is 152 cm³/mol. The topological polar surface area (TPSA) is 138 Å². The number of amides is 1. The first-order valence-electron chi connectivity index (χ1n) is 12.6. The third kappa shape index (κ3) is 4.43. The monoisotopic (exact) mass is 523 g/mol.